The molecule has 0 bridgehead atoms. The van der Waals surface area contributed by atoms with Crippen LogP contribution in [0.15, 0.2) is 84.9 Å². The second-order valence-corrected chi connectivity index (χ2v) is 10.7. The quantitative estimate of drug-likeness (QED) is 0.176. The average Bonchev–Trinajstić information content (AvgIpc) is 3.16. The fourth-order valence-electron chi connectivity index (χ4n) is 4.02. The van der Waals surface area contributed by atoms with Crippen molar-refractivity contribution in [1.82, 2.24) is 0 Å². The number of halogens is 1. The van der Waals surface area contributed by atoms with Crippen molar-refractivity contribution in [2.45, 2.75) is 13.0 Å². The molecule has 0 aliphatic rings. The van der Waals surface area contributed by atoms with Crippen LogP contribution in [-0.2, 0) is 0 Å². The van der Waals surface area contributed by atoms with Crippen molar-refractivity contribution in [3.8, 4) is 22.1 Å². The van der Waals surface area contributed by atoms with Crippen LogP contribution in [0.2, 0.25) is 0 Å². The van der Waals surface area contributed by atoms with Gasteiger partial charge in [0.25, 0.3) is 0 Å². The number of fused-ring (bicyclic) bond motifs is 3. The number of hydrogen-bond donors (Lipinski definition) is 1. The molecule has 1 atom stereocenters. The molecular weight excluding hydrogens is 531 g/mol. The van der Waals surface area contributed by atoms with Gasteiger partial charge < -0.3 is 14.6 Å². The van der Waals surface area contributed by atoms with E-state index < -0.39 is 0 Å². The van der Waals surface area contributed by atoms with Crippen molar-refractivity contribution in [3.05, 3.63) is 94.1 Å². The topological polar surface area (TPSA) is 38.7 Å². The molecule has 3 nitrogen and oxygen atoms in total. The molecule has 0 saturated heterocycles. The molecule has 1 heterocycles. The van der Waals surface area contributed by atoms with Crippen molar-refractivity contribution in [2.75, 3.05) is 7.11 Å². The van der Waals surface area contributed by atoms with Crippen LogP contribution in [0.1, 0.15) is 18.6 Å². The molecule has 0 aliphatic carbocycles. The summed E-state index contributed by atoms with van der Waals surface area (Å²) in [6.07, 6.45) is -0.181. The van der Waals surface area contributed by atoms with E-state index >= 15 is 0 Å². The Morgan fingerprint density at radius 2 is 1.44 bits per heavy atom. The van der Waals surface area contributed by atoms with E-state index in [0.717, 1.165) is 14.9 Å². The second kappa shape index (κ2) is 8.64. The average molecular weight is 553 g/mol. The van der Waals surface area contributed by atoms with Crippen molar-refractivity contribution < 1.29 is 14.6 Å². The van der Waals surface area contributed by atoms with Crippen molar-refractivity contribution in [3.63, 3.8) is 0 Å². The minimum absolute atomic E-state index is 0.108. The maximum atomic E-state index is 10.1. The molecule has 5 aromatic rings. The molecule has 0 saturated carbocycles. The normalized spacial score (nSPS) is 12.2. The fourth-order valence-corrected chi connectivity index (χ4v) is 7.02. The van der Waals surface area contributed by atoms with Gasteiger partial charge >= 0.3 is 0 Å². The molecule has 0 aliphatic heterocycles. The number of rotatable bonds is 5. The first kappa shape index (κ1) is 21.1. The van der Waals surface area contributed by atoms with E-state index in [4.69, 9.17) is 9.47 Å². The summed E-state index contributed by atoms with van der Waals surface area (Å²) in [7, 11) is 1.45. The minimum atomic E-state index is -0.181. The lowest BCUT2D eigenvalue weighted by molar-refractivity contribution is 0.226. The van der Waals surface area contributed by atoms with Gasteiger partial charge in [0.2, 0.25) is 0 Å². The molecule has 5 rings (SSSR count). The van der Waals surface area contributed by atoms with Gasteiger partial charge in [0.15, 0.2) is 25.8 Å². The lowest BCUT2D eigenvalue weighted by Crippen LogP contribution is -2.04. The zero-order valence-electron chi connectivity index (χ0n) is 17.7. The van der Waals surface area contributed by atoms with Gasteiger partial charge in [-0.2, -0.15) is 0 Å². The fraction of sp³-hybridized carbons (Fsp3) is 0.111. The lowest BCUT2D eigenvalue weighted by Gasteiger charge is -2.17. The summed E-state index contributed by atoms with van der Waals surface area (Å²) in [6, 6.07) is 29.6. The Labute approximate surface area is 203 Å². The van der Waals surface area contributed by atoms with Crippen LogP contribution >= 0.6 is 33.1 Å². The van der Waals surface area contributed by atoms with Crippen LogP contribution in [0.4, 0.5) is 0 Å². The number of hydrogen-bond acceptors (Lipinski definition) is 3. The zero-order chi connectivity index (χ0) is 22.2. The minimum Gasteiger partial charge on any atom is -0.504 e. The van der Waals surface area contributed by atoms with Crippen molar-refractivity contribution in [1.29, 1.82) is 0 Å². The first-order valence-corrected chi connectivity index (χ1v) is 12.6. The largest absolute Gasteiger partial charge is 0.504 e. The van der Waals surface area contributed by atoms with E-state index in [0.29, 0.717) is 5.75 Å². The standard InChI is InChI=1S/C27H21IO3S/c1-17(18-15-23(28)27(29)24(16-18)30-2)31-19-11-13-20(14-12-19)32-25-9-5-3-7-21(25)22-8-4-6-10-26(22)32/h3-17H,1-2H3/p+1. The molecule has 1 unspecified atom stereocenters. The van der Waals surface area contributed by atoms with Gasteiger partial charge in [-0.05, 0) is 83.6 Å². The number of methoxy groups -OCH3 is 1. The van der Waals surface area contributed by atoms with Crippen LogP contribution in [0, 0.1) is 3.57 Å². The molecule has 32 heavy (non-hydrogen) atoms. The van der Waals surface area contributed by atoms with Gasteiger partial charge in [0, 0.05) is 33.4 Å². The van der Waals surface area contributed by atoms with Gasteiger partial charge in [-0.25, -0.2) is 0 Å². The summed E-state index contributed by atoms with van der Waals surface area (Å²) in [5, 5.41) is 12.8. The zero-order valence-corrected chi connectivity index (χ0v) is 20.7. The Kier molecular flexibility index (Phi) is 5.69. The van der Waals surface area contributed by atoms with Gasteiger partial charge in [-0.1, -0.05) is 24.3 Å². The third-order valence-electron chi connectivity index (χ3n) is 5.62. The Morgan fingerprint density at radius 3 is 2.03 bits per heavy atom. The molecule has 0 fully saturated rings. The third kappa shape index (κ3) is 3.69. The Morgan fingerprint density at radius 1 is 0.844 bits per heavy atom. The SMILES string of the molecule is COc1cc(C(C)Oc2ccc(-[s+]3c4ccccc4c4ccccc43)cc2)cc(I)c1O. The van der Waals surface area contributed by atoms with Gasteiger partial charge in [-0.3, -0.25) is 0 Å². The summed E-state index contributed by atoms with van der Waals surface area (Å²) in [6.45, 7) is 2.00. The number of ether oxygens (including phenoxy) is 2. The summed E-state index contributed by atoms with van der Waals surface area (Å²) >= 11 is 2.11. The molecule has 1 aromatic heterocycles. The highest BCUT2D eigenvalue weighted by atomic mass is 127. The third-order valence-corrected chi connectivity index (χ3v) is 8.77. The van der Waals surface area contributed by atoms with Gasteiger partial charge in [0.05, 0.1) is 10.7 Å². The Hall–Kier alpha value is -2.77. The predicted octanol–water partition coefficient (Wildman–Crippen LogP) is 8.19. The van der Waals surface area contributed by atoms with Gasteiger partial charge in [0.1, 0.15) is 11.9 Å². The van der Waals surface area contributed by atoms with Crippen LogP contribution in [0.3, 0.4) is 0 Å². The molecule has 0 amide bonds. The molecular formula is C27H22IO3S+. The Bertz CT molecular complexity index is 1370. The summed E-state index contributed by atoms with van der Waals surface area (Å²) in [5.41, 5.74) is 0.952. The monoisotopic (exact) mass is 553 g/mol. The first-order valence-electron chi connectivity index (χ1n) is 10.3. The summed E-state index contributed by atoms with van der Waals surface area (Å²) < 4.78 is 15.0. The van der Waals surface area contributed by atoms with E-state index in [1.54, 1.807) is 7.11 Å². The van der Waals surface area contributed by atoms with Gasteiger partial charge in [-0.15, -0.1) is 0 Å². The molecule has 0 spiro atoms. The number of thiophene rings is 1. The van der Waals surface area contributed by atoms with Crippen molar-refractivity contribution >= 4 is 53.2 Å². The lowest BCUT2D eigenvalue weighted by atomic mass is 10.1. The highest BCUT2D eigenvalue weighted by Gasteiger charge is 2.23. The van der Waals surface area contributed by atoms with E-state index in [9.17, 15) is 5.11 Å². The van der Waals surface area contributed by atoms with Crippen LogP contribution < -0.4 is 9.47 Å². The highest BCUT2D eigenvalue weighted by molar-refractivity contribution is 14.1. The first-order chi connectivity index (χ1) is 15.6. The molecule has 0 radical (unpaired) electrons. The van der Waals surface area contributed by atoms with Crippen LogP contribution in [-0.4, -0.2) is 12.2 Å². The number of aromatic hydroxyl groups is 1. The molecule has 4 aromatic carbocycles. The van der Waals surface area contributed by atoms with Crippen LogP contribution in [0.5, 0.6) is 17.2 Å². The summed E-state index contributed by atoms with van der Waals surface area (Å²) in [4.78, 5) is 1.28. The predicted molar refractivity (Wildman–Crippen MR) is 142 cm³/mol. The summed E-state index contributed by atoms with van der Waals surface area (Å²) in [5.74, 6) is 1.43. The number of phenolic OH excluding ortho intramolecular Hbond substituents is 1. The smallest absolute Gasteiger partial charge is 0.187 e. The molecule has 5 heteroatoms. The number of benzene rings is 4. The maximum Gasteiger partial charge on any atom is 0.187 e. The van der Waals surface area contributed by atoms with E-state index in [-0.39, 0.29) is 22.3 Å². The molecule has 160 valence electrons. The highest BCUT2D eigenvalue weighted by Crippen LogP contribution is 2.48. The Balaban J connectivity index is 1.47. The number of phenols is 1. The maximum absolute atomic E-state index is 10.1. The molecule has 1 N–H and O–H groups in total. The van der Waals surface area contributed by atoms with E-state index in [1.165, 1.54) is 25.1 Å². The second-order valence-electron chi connectivity index (χ2n) is 7.58. The van der Waals surface area contributed by atoms with Crippen LogP contribution in [0.25, 0.3) is 25.1 Å². The van der Waals surface area contributed by atoms with Crippen molar-refractivity contribution in [2.24, 2.45) is 0 Å². The van der Waals surface area contributed by atoms with E-state index in [1.807, 2.05) is 31.2 Å². The van der Waals surface area contributed by atoms with E-state index in [2.05, 4.69) is 83.3 Å².